The Kier molecular flexibility index (Phi) is 6.12. The normalized spacial score (nSPS) is 15.5. The van der Waals surface area contributed by atoms with E-state index in [9.17, 15) is 14.7 Å². The molecule has 0 saturated carbocycles. The number of benzene rings is 2. The van der Waals surface area contributed by atoms with Crippen molar-refractivity contribution < 1.29 is 33.3 Å². The van der Waals surface area contributed by atoms with Crippen LogP contribution in [0.15, 0.2) is 58.2 Å². The molecule has 4 aromatic rings. The molecule has 1 aliphatic rings. The van der Waals surface area contributed by atoms with Crippen molar-refractivity contribution in [2.45, 2.75) is 19.9 Å². The molecule has 5 rings (SSSR count). The van der Waals surface area contributed by atoms with Gasteiger partial charge in [-0.05, 0) is 43.7 Å². The molecule has 3 heterocycles. The highest BCUT2D eigenvalue weighted by atomic mass is 32.1. The van der Waals surface area contributed by atoms with Crippen LogP contribution in [0.4, 0.5) is 5.13 Å². The van der Waals surface area contributed by atoms with Crippen molar-refractivity contribution in [2.75, 3.05) is 26.2 Å². The number of para-hydroxylation sites is 1. The molecule has 0 saturated heterocycles. The number of aliphatic hydroxyl groups excluding tert-OH is 1. The summed E-state index contributed by atoms with van der Waals surface area (Å²) in [6.45, 7) is 3.72. The fourth-order valence-electron chi connectivity index (χ4n) is 4.39. The minimum atomic E-state index is -1.04. The number of methoxy groups -OCH3 is 3. The van der Waals surface area contributed by atoms with Gasteiger partial charge >= 0.3 is 0 Å². The van der Waals surface area contributed by atoms with Crippen molar-refractivity contribution in [1.82, 2.24) is 4.98 Å². The third-order valence-corrected chi connectivity index (χ3v) is 7.40. The monoisotopic (exact) mass is 520 g/mol. The number of carbonyl (C=O) groups is 2. The van der Waals surface area contributed by atoms with Gasteiger partial charge in [-0.15, -0.1) is 11.3 Å². The second-order valence-corrected chi connectivity index (χ2v) is 9.60. The number of aryl methyl sites for hydroxylation is 2. The number of amides is 1. The van der Waals surface area contributed by atoms with Crippen LogP contribution in [-0.4, -0.2) is 43.1 Å². The van der Waals surface area contributed by atoms with E-state index in [0.717, 1.165) is 16.0 Å². The van der Waals surface area contributed by atoms with E-state index in [1.54, 1.807) is 30.3 Å². The summed E-state index contributed by atoms with van der Waals surface area (Å²) in [5, 5.41) is 12.1. The molecule has 1 amide bonds. The third kappa shape index (κ3) is 3.89. The number of hydrogen-bond donors (Lipinski definition) is 1. The van der Waals surface area contributed by atoms with E-state index in [1.807, 2.05) is 26.0 Å². The summed E-state index contributed by atoms with van der Waals surface area (Å²) in [6, 6.07) is 11.0. The number of hydrogen-bond acceptors (Lipinski definition) is 9. The Balaban J connectivity index is 1.72. The maximum absolute atomic E-state index is 13.8. The number of ether oxygens (including phenoxy) is 3. The molecule has 1 N–H and O–H groups in total. The first kappa shape index (κ1) is 24.4. The molecular weight excluding hydrogens is 496 g/mol. The molecule has 1 aliphatic heterocycles. The van der Waals surface area contributed by atoms with Gasteiger partial charge in [0.2, 0.25) is 11.5 Å². The van der Waals surface area contributed by atoms with Gasteiger partial charge in [-0.25, -0.2) is 4.98 Å². The quantitative estimate of drug-likeness (QED) is 0.326. The van der Waals surface area contributed by atoms with Crippen molar-refractivity contribution in [3.63, 3.8) is 0 Å². The molecule has 9 nitrogen and oxygen atoms in total. The predicted octanol–water partition coefficient (Wildman–Crippen LogP) is 5.31. The largest absolute Gasteiger partial charge is 0.503 e. The number of nitrogens with zero attached hydrogens (tertiary/aromatic N) is 2. The minimum absolute atomic E-state index is 0.00124. The van der Waals surface area contributed by atoms with Crippen LogP contribution in [0.1, 0.15) is 32.7 Å². The van der Waals surface area contributed by atoms with Crippen LogP contribution in [0.2, 0.25) is 0 Å². The Morgan fingerprint density at radius 3 is 2.30 bits per heavy atom. The lowest BCUT2D eigenvalue weighted by molar-refractivity contribution is -0.117. The number of carbonyl (C=O) groups excluding carboxylic acids is 2. The lowest BCUT2D eigenvalue weighted by Gasteiger charge is -2.25. The fourth-order valence-corrected chi connectivity index (χ4v) is 5.33. The first-order chi connectivity index (χ1) is 17.8. The van der Waals surface area contributed by atoms with E-state index in [1.165, 1.54) is 37.6 Å². The number of aromatic nitrogens is 1. The van der Waals surface area contributed by atoms with Crippen LogP contribution in [0, 0.1) is 13.8 Å². The molecule has 0 aliphatic carbocycles. The van der Waals surface area contributed by atoms with Gasteiger partial charge in [0.25, 0.3) is 5.91 Å². The predicted molar refractivity (Wildman–Crippen MR) is 138 cm³/mol. The summed E-state index contributed by atoms with van der Waals surface area (Å²) in [7, 11) is 4.43. The maximum Gasteiger partial charge on any atom is 0.296 e. The number of rotatable bonds is 7. The minimum Gasteiger partial charge on any atom is -0.503 e. The second kappa shape index (κ2) is 9.29. The SMILES string of the molecule is COc1cc(C2C(C(=O)c3cc4ccccc4o3)=C(O)C(=O)N2c2nc(C)c(C)s2)cc(OC)c1OC. The summed E-state index contributed by atoms with van der Waals surface area (Å²) in [5.41, 5.74) is 1.58. The molecule has 190 valence electrons. The molecule has 0 spiro atoms. The molecule has 2 aromatic heterocycles. The number of aliphatic hydroxyl groups is 1. The average molecular weight is 521 g/mol. The molecule has 0 fully saturated rings. The van der Waals surface area contributed by atoms with Crippen LogP contribution < -0.4 is 19.1 Å². The van der Waals surface area contributed by atoms with Crippen molar-refractivity contribution in [1.29, 1.82) is 0 Å². The Morgan fingerprint density at radius 2 is 1.73 bits per heavy atom. The van der Waals surface area contributed by atoms with Gasteiger partial charge in [0.1, 0.15) is 5.58 Å². The van der Waals surface area contributed by atoms with Crippen LogP contribution in [-0.2, 0) is 4.79 Å². The van der Waals surface area contributed by atoms with Crippen molar-refractivity contribution in [3.05, 3.63) is 75.7 Å². The molecule has 10 heteroatoms. The van der Waals surface area contributed by atoms with E-state index in [2.05, 4.69) is 4.98 Å². The first-order valence-electron chi connectivity index (χ1n) is 11.3. The topological polar surface area (TPSA) is 111 Å². The van der Waals surface area contributed by atoms with E-state index in [0.29, 0.717) is 33.5 Å². The number of Topliss-reactive ketones (excluding diaryl/α,β-unsaturated/α-hetero) is 1. The van der Waals surface area contributed by atoms with Crippen molar-refractivity contribution in [3.8, 4) is 17.2 Å². The second-order valence-electron chi connectivity index (χ2n) is 8.41. The van der Waals surface area contributed by atoms with Gasteiger partial charge in [0, 0.05) is 10.3 Å². The third-order valence-electron chi connectivity index (χ3n) is 6.33. The van der Waals surface area contributed by atoms with Gasteiger partial charge in [0.05, 0.1) is 38.6 Å². The van der Waals surface area contributed by atoms with Gasteiger partial charge in [-0.1, -0.05) is 18.2 Å². The Hall–Kier alpha value is -4.31. The van der Waals surface area contributed by atoms with Crippen LogP contribution in [0.25, 0.3) is 11.0 Å². The number of fused-ring (bicyclic) bond motifs is 1. The van der Waals surface area contributed by atoms with Gasteiger partial charge in [-0.3, -0.25) is 14.5 Å². The number of ketones is 1. The first-order valence-corrected chi connectivity index (χ1v) is 12.1. The summed E-state index contributed by atoms with van der Waals surface area (Å²) < 4.78 is 22.3. The standard InChI is InChI=1S/C27H24N2O7S/c1-13-14(2)37-27(28-13)29-22(16-11-19(33-3)25(35-5)20(12-16)34-4)21(24(31)26(29)32)23(30)18-10-15-8-6-7-9-17(15)36-18/h6-12,22,31H,1-5H3. The Bertz CT molecular complexity index is 1510. The molecular formula is C27H24N2O7S. The van der Waals surface area contributed by atoms with Crippen LogP contribution >= 0.6 is 11.3 Å². The number of thiazole rings is 1. The van der Waals surface area contributed by atoms with Gasteiger partial charge in [0.15, 0.2) is 28.1 Å². The zero-order valence-electron chi connectivity index (χ0n) is 20.8. The van der Waals surface area contributed by atoms with Gasteiger partial charge < -0.3 is 23.7 Å². The molecule has 1 unspecified atom stereocenters. The fraction of sp³-hybridized carbons (Fsp3) is 0.222. The maximum atomic E-state index is 13.8. The smallest absolute Gasteiger partial charge is 0.296 e. The molecule has 37 heavy (non-hydrogen) atoms. The highest BCUT2D eigenvalue weighted by Crippen LogP contribution is 2.48. The molecule has 0 radical (unpaired) electrons. The molecule has 1 atom stereocenters. The highest BCUT2D eigenvalue weighted by Gasteiger charge is 2.47. The number of anilines is 1. The lowest BCUT2D eigenvalue weighted by Crippen LogP contribution is -2.31. The Morgan fingerprint density at radius 1 is 1.05 bits per heavy atom. The zero-order chi connectivity index (χ0) is 26.4. The summed E-state index contributed by atoms with van der Waals surface area (Å²) in [6.07, 6.45) is 0. The van der Waals surface area contributed by atoms with Crippen LogP contribution in [0.5, 0.6) is 17.2 Å². The zero-order valence-corrected chi connectivity index (χ0v) is 21.6. The van der Waals surface area contributed by atoms with Crippen molar-refractivity contribution in [2.24, 2.45) is 0 Å². The van der Waals surface area contributed by atoms with Crippen LogP contribution in [0.3, 0.4) is 0 Å². The van der Waals surface area contributed by atoms with E-state index in [4.69, 9.17) is 18.6 Å². The molecule has 0 bridgehead atoms. The summed E-state index contributed by atoms with van der Waals surface area (Å²) in [4.78, 5) is 34.1. The highest BCUT2D eigenvalue weighted by molar-refractivity contribution is 7.15. The molecule has 2 aromatic carbocycles. The van der Waals surface area contributed by atoms with Gasteiger partial charge in [-0.2, -0.15) is 0 Å². The van der Waals surface area contributed by atoms with Crippen molar-refractivity contribution >= 4 is 39.1 Å². The average Bonchev–Trinajstić information content (AvgIpc) is 3.56. The summed E-state index contributed by atoms with van der Waals surface area (Å²) in [5.74, 6) is -1.02. The number of furan rings is 1. The Labute approximate surface area is 216 Å². The van der Waals surface area contributed by atoms with E-state index >= 15 is 0 Å². The van der Waals surface area contributed by atoms with E-state index < -0.39 is 23.5 Å². The lowest BCUT2D eigenvalue weighted by atomic mass is 9.94. The summed E-state index contributed by atoms with van der Waals surface area (Å²) >= 11 is 1.29. The van der Waals surface area contributed by atoms with E-state index in [-0.39, 0.29) is 11.3 Å².